The number of nitrogens with zero attached hydrogens (tertiary/aromatic N) is 2. The van der Waals surface area contributed by atoms with Crippen LogP contribution >= 0.6 is 0 Å². The number of nitrogens with one attached hydrogen (secondary N) is 1. The molecule has 0 radical (unpaired) electrons. The van der Waals surface area contributed by atoms with Crippen molar-refractivity contribution in [3.63, 3.8) is 0 Å². The number of carbonyl (C=O) groups excluding carboxylic acids is 1. The third kappa shape index (κ3) is 4.33. The van der Waals surface area contributed by atoms with Gasteiger partial charge < -0.3 is 15.2 Å². The van der Waals surface area contributed by atoms with Crippen molar-refractivity contribution in [3.8, 4) is 5.69 Å². The quantitative estimate of drug-likeness (QED) is 0.807. The standard InChI is InChI=1S/C19H22FN3O4/c1-12-16(11-22-23(12)15-4-2-14(20)3-5-15)18(24)21-10-17(19(25)26)13-6-8-27-9-7-13/h2-5,11,13,17H,6-10H2,1H3,(H,21,24)(H,25,26). The van der Waals surface area contributed by atoms with Crippen molar-refractivity contribution in [1.82, 2.24) is 15.1 Å². The Morgan fingerprint density at radius 2 is 2.00 bits per heavy atom. The van der Waals surface area contributed by atoms with E-state index in [0.29, 0.717) is 43.0 Å². The maximum absolute atomic E-state index is 13.1. The molecule has 3 rings (SSSR count). The van der Waals surface area contributed by atoms with E-state index in [1.54, 1.807) is 23.7 Å². The molecular formula is C19H22FN3O4. The summed E-state index contributed by atoms with van der Waals surface area (Å²) in [6.07, 6.45) is 2.78. The van der Waals surface area contributed by atoms with Gasteiger partial charge in [0.1, 0.15) is 5.82 Å². The summed E-state index contributed by atoms with van der Waals surface area (Å²) >= 11 is 0. The Morgan fingerprint density at radius 1 is 1.33 bits per heavy atom. The summed E-state index contributed by atoms with van der Waals surface area (Å²) < 4.78 is 19.9. The highest BCUT2D eigenvalue weighted by molar-refractivity contribution is 5.95. The number of halogens is 1. The van der Waals surface area contributed by atoms with Crippen molar-refractivity contribution in [3.05, 3.63) is 47.5 Å². The molecule has 2 heterocycles. The molecule has 144 valence electrons. The van der Waals surface area contributed by atoms with Crippen LogP contribution in [0.15, 0.2) is 30.5 Å². The molecule has 1 aromatic carbocycles. The molecule has 0 bridgehead atoms. The van der Waals surface area contributed by atoms with Crippen molar-refractivity contribution in [2.45, 2.75) is 19.8 Å². The summed E-state index contributed by atoms with van der Waals surface area (Å²) in [7, 11) is 0. The van der Waals surface area contributed by atoms with Gasteiger partial charge in [-0.2, -0.15) is 5.10 Å². The van der Waals surface area contributed by atoms with Crippen LogP contribution in [-0.4, -0.2) is 46.5 Å². The van der Waals surface area contributed by atoms with E-state index in [1.807, 2.05) is 0 Å². The number of benzene rings is 1. The Bertz CT molecular complexity index is 813. The van der Waals surface area contributed by atoms with Gasteiger partial charge in [-0.05, 0) is 49.9 Å². The topological polar surface area (TPSA) is 93.5 Å². The molecule has 27 heavy (non-hydrogen) atoms. The SMILES string of the molecule is Cc1c(C(=O)NCC(C(=O)O)C2CCOCC2)cnn1-c1ccc(F)cc1. The minimum Gasteiger partial charge on any atom is -0.481 e. The lowest BCUT2D eigenvalue weighted by Crippen LogP contribution is -2.39. The van der Waals surface area contributed by atoms with Crippen molar-refractivity contribution >= 4 is 11.9 Å². The molecule has 8 heteroatoms. The normalized spacial score (nSPS) is 16.1. The van der Waals surface area contributed by atoms with Gasteiger partial charge >= 0.3 is 5.97 Å². The van der Waals surface area contributed by atoms with E-state index in [-0.39, 0.29) is 24.2 Å². The summed E-state index contributed by atoms with van der Waals surface area (Å²) in [6.45, 7) is 2.89. The van der Waals surface area contributed by atoms with E-state index in [2.05, 4.69) is 10.4 Å². The minimum atomic E-state index is -0.916. The molecular weight excluding hydrogens is 353 g/mol. The third-order valence-electron chi connectivity index (χ3n) is 4.96. The van der Waals surface area contributed by atoms with Crippen LogP contribution in [0.3, 0.4) is 0 Å². The number of hydrogen-bond donors (Lipinski definition) is 2. The van der Waals surface area contributed by atoms with E-state index < -0.39 is 11.9 Å². The number of aromatic nitrogens is 2. The number of hydrogen-bond acceptors (Lipinski definition) is 4. The van der Waals surface area contributed by atoms with Crippen molar-refractivity contribution in [2.75, 3.05) is 19.8 Å². The van der Waals surface area contributed by atoms with E-state index in [0.717, 1.165) is 0 Å². The van der Waals surface area contributed by atoms with Gasteiger partial charge in [0.25, 0.3) is 5.91 Å². The average Bonchev–Trinajstić information content (AvgIpc) is 3.04. The number of carboxylic acids is 1. The highest BCUT2D eigenvalue weighted by Crippen LogP contribution is 2.24. The average molecular weight is 375 g/mol. The Hall–Kier alpha value is -2.74. The fraction of sp³-hybridized carbons (Fsp3) is 0.421. The van der Waals surface area contributed by atoms with Gasteiger partial charge in [-0.25, -0.2) is 9.07 Å². The zero-order valence-electron chi connectivity index (χ0n) is 15.0. The highest BCUT2D eigenvalue weighted by Gasteiger charge is 2.30. The zero-order valence-corrected chi connectivity index (χ0v) is 15.0. The molecule has 1 aromatic heterocycles. The van der Waals surface area contributed by atoms with Gasteiger partial charge in [-0.1, -0.05) is 0 Å². The molecule has 1 aliphatic rings. The number of carboxylic acid groups (broad SMARTS) is 1. The van der Waals surface area contributed by atoms with Gasteiger partial charge in [0.15, 0.2) is 0 Å². The maximum Gasteiger partial charge on any atom is 0.308 e. The molecule has 1 atom stereocenters. The van der Waals surface area contributed by atoms with Gasteiger partial charge in [0.2, 0.25) is 0 Å². The van der Waals surface area contributed by atoms with Gasteiger partial charge in [-0.15, -0.1) is 0 Å². The number of amides is 1. The molecule has 0 aliphatic carbocycles. The predicted octanol–water partition coefficient (Wildman–Crippen LogP) is 2.18. The van der Waals surface area contributed by atoms with Crippen LogP contribution in [0.2, 0.25) is 0 Å². The largest absolute Gasteiger partial charge is 0.481 e. The maximum atomic E-state index is 13.1. The molecule has 2 N–H and O–H groups in total. The number of rotatable bonds is 6. The Labute approximate surface area is 156 Å². The van der Waals surface area contributed by atoms with Crippen LogP contribution in [0.4, 0.5) is 4.39 Å². The van der Waals surface area contributed by atoms with Crippen LogP contribution in [0.5, 0.6) is 0 Å². The van der Waals surface area contributed by atoms with Crippen LogP contribution in [0.25, 0.3) is 5.69 Å². The minimum absolute atomic E-state index is 0.0143. The zero-order chi connectivity index (χ0) is 19.4. The molecule has 2 aromatic rings. The molecule has 1 saturated heterocycles. The van der Waals surface area contributed by atoms with Gasteiger partial charge in [0, 0.05) is 19.8 Å². The third-order valence-corrected chi connectivity index (χ3v) is 4.96. The van der Waals surface area contributed by atoms with Crippen LogP contribution in [0.1, 0.15) is 28.9 Å². The summed E-state index contributed by atoms with van der Waals surface area (Å²) in [5, 5.41) is 16.4. The summed E-state index contributed by atoms with van der Waals surface area (Å²) in [4.78, 5) is 24.1. The molecule has 1 unspecified atom stereocenters. The monoisotopic (exact) mass is 375 g/mol. The van der Waals surface area contributed by atoms with E-state index in [4.69, 9.17) is 4.74 Å². The predicted molar refractivity (Wildman–Crippen MR) is 95.3 cm³/mol. The van der Waals surface area contributed by atoms with Crippen LogP contribution in [-0.2, 0) is 9.53 Å². The molecule has 1 fully saturated rings. The molecule has 0 saturated carbocycles. The van der Waals surface area contributed by atoms with Crippen molar-refractivity contribution in [2.24, 2.45) is 11.8 Å². The second kappa shape index (κ2) is 8.30. The molecule has 1 aliphatic heterocycles. The van der Waals surface area contributed by atoms with Crippen LogP contribution < -0.4 is 5.32 Å². The van der Waals surface area contributed by atoms with E-state index >= 15 is 0 Å². The molecule has 7 nitrogen and oxygen atoms in total. The summed E-state index contributed by atoms with van der Waals surface area (Å²) in [5.41, 5.74) is 1.59. The summed E-state index contributed by atoms with van der Waals surface area (Å²) in [6, 6.07) is 5.79. The first-order chi connectivity index (χ1) is 13.0. The number of carbonyl (C=O) groups is 2. The van der Waals surface area contributed by atoms with Crippen molar-refractivity contribution in [1.29, 1.82) is 0 Å². The van der Waals surface area contributed by atoms with Gasteiger partial charge in [-0.3, -0.25) is 9.59 Å². The number of aliphatic carboxylic acids is 1. The van der Waals surface area contributed by atoms with Gasteiger partial charge in [0.05, 0.1) is 29.1 Å². The smallest absolute Gasteiger partial charge is 0.308 e. The highest BCUT2D eigenvalue weighted by atomic mass is 19.1. The molecule has 0 spiro atoms. The van der Waals surface area contributed by atoms with Crippen molar-refractivity contribution < 1.29 is 23.8 Å². The lowest BCUT2D eigenvalue weighted by atomic mass is 9.86. The van der Waals surface area contributed by atoms with Crippen LogP contribution in [0, 0.1) is 24.6 Å². The number of ether oxygens (including phenoxy) is 1. The fourth-order valence-electron chi connectivity index (χ4n) is 3.35. The first-order valence-electron chi connectivity index (χ1n) is 8.86. The second-order valence-electron chi connectivity index (χ2n) is 6.64. The van der Waals surface area contributed by atoms with E-state index in [9.17, 15) is 19.1 Å². The lowest BCUT2D eigenvalue weighted by molar-refractivity contribution is -0.144. The Balaban J connectivity index is 1.68. The Morgan fingerprint density at radius 3 is 2.63 bits per heavy atom. The first-order valence-corrected chi connectivity index (χ1v) is 8.86. The Kier molecular flexibility index (Phi) is 5.85. The first kappa shape index (κ1) is 19.0. The second-order valence-corrected chi connectivity index (χ2v) is 6.64. The molecule has 1 amide bonds. The van der Waals surface area contributed by atoms with E-state index in [1.165, 1.54) is 18.3 Å². The summed E-state index contributed by atoms with van der Waals surface area (Å²) in [5.74, 6) is -2.31. The fourth-order valence-corrected chi connectivity index (χ4v) is 3.35. The lowest BCUT2D eigenvalue weighted by Gasteiger charge is -2.27.